The molecule has 0 radical (unpaired) electrons. The topological polar surface area (TPSA) is 90.8 Å². The van der Waals surface area contributed by atoms with Crippen molar-refractivity contribution in [3.63, 3.8) is 0 Å². The normalized spacial score (nSPS) is 10.9. The molecule has 6 nitrogen and oxygen atoms in total. The van der Waals surface area contributed by atoms with E-state index in [0.29, 0.717) is 3.57 Å². The smallest absolute Gasteiger partial charge is 0.259 e. The summed E-state index contributed by atoms with van der Waals surface area (Å²) in [6, 6.07) is 23.8. The number of benzene rings is 3. The van der Waals surface area contributed by atoms with Crippen LogP contribution in [0.2, 0.25) is 0 Å². The number of phenols is 1. The maximum Gasteiger partial charge on any atom is 0.259 e. The highest BCUT2D eigenvalue weighted by Gasteiger charge is 2.22. The van der Waals surface area contributed by atoms with Crippen molar-refractivity contribution in [2.24, 2.45) is 5.10 Å². The first kappa shape index (κ1) is 21.5. The SMILES string of the molecule is O=C(CNC(=O)C(c1ccccc1)c1ccccc1)NN=Cc1ccc(O)c(I)c1. The summed E-state index contributed by atoms with van der Waals surface area (Å²) >= 11 is 2.00. The van der Waals surface area contributed by atoms with Crippen LogP contribution in [0.1, 0.15) is 22.6 Å². The molecule has 2 amide bonds. The Balaban J connectivity index is 1.60. The second-order valence-electron chi connectivity index (χ2n) is 6.48. The van der Waals surface area contributed by atoms with E-state index in [1.807, 2.05) is 83.3 Å². The number of amides is 2. The number of hydrogen-bond acceptors (Lipinski definition) is 4. The summed E-state index contributed by atoms with van der Waals surface area (Å²) in [6.07, 6.45) is 1.47. The average molecular weight is 513 g/mol. The molecule has 0 spiro atoms. The standard InChI is InChI=1S/C23H20IN3O3/c24-19-13-16(11-12-20(19)28)14-26-27-21(29)15-25-23(30)22(17-7-3-1-4-8-17)18-9-5-2-6-10-18/h1-14,22,28H,15H2,(H,25,30)(H,27,29). The Bertz CT molecular complexity index is 1000. The molecule has 3 aromatic carbocycles. The van der Waals surface area contributed by atoms with Crippen molar-refractivity contribution in [1.82, 2.24) is 10.7 Å². The van der Waals surface area contributed by atoms with Crippen molar-refractivity contribution < 1.29 is 14.7 Å². The molecule has 0 heterocycles. The molecule has 0 atom stereocenters. The molecule has 0 aliphatic rings. The molecule has 3 aromatic rings. The zero-order valence-corrected chi connectivity index (χ0v) is 18.1. The summed E-state index contributed by atoms with van der Waals surface area (Å²) in [4.78, 5) is 24.9. The van der Waals surface area contributed by atoms with E-state index >= 15 is 0 Å². The van der Waals surface area contributed by atoms with Crippen molar-refractivity contribution >= 4 is 40.6 Å². The zero-order valence-electron chi connectivity index (χ0n) is 16.0. The predicted molar refractivity (Wildman–Crippen MR) is 124 cm³/mol. The highest BCUT2D eigenvalue weighted by molar-refractivity contribution is 14.1. The van der Waals surface area contributed by atoms with Crippen molar-refractivity contribution in [2.45, 2.75) is 5.92 Å². The fraction of sp³-hybridized carbons (Fsp3) is 0.0870. The monoisotopic (exact) mass is 513 g/mol. The van der Waals surface area contributed by atoms with Crippen LogP contribution in [0.4, 0.5) is 0 Å². The van der Waals surface area contributed by atoms with Crippen LogP contribution in [-0.2, 0) is 9.59 Å². The summed E-state index contributed by atoms with van der Waals surface area (Å²) in [5.74, 6) is -1.03. The molecule has 0 saturated carbocycles. The third-order valence-electron chi connectivity index (χ3n) is 4.33. The lowest BCUT2D eigenvalue weighted by molar-refractivity contribution is -0.126. The maximum atomic E-state index is 12.9. The molecule has 0 aliphatic heterocycles. The molecule has 0 unspecified atom stereocenters. The lowest BCUT2D eigenvalue weighted by Crippen LogP contribution is -2.37. The third kappa shape index (κ3) is 5.90. The fourth-order valence-corrected chi connectivity index (χ4v) is 3.42. The summed E-state index contributed by atoms with van der Waals surface area (Å²) in [5, 5.41) is 16.1. The van der Waals surface area contributed by atoms with Gasteiger partial charge < -0.3 is 10.4 Å². The Morgan fingerprint density at radius 2 is 1.57 bits per heavy atom. The maximum absolute atomic E-state index is 12.9. The summed E-state index contributed by atoms with van der Waals surface area (Å²) in [5.41, 5.74) is 4.82. The number of nitrogens with one attached hydrogen (secondary N) is 2. The Labute approximate surface area is 188 Å². The molecule has 0 saturated heterocycles. The van der Waals surface area contributed by atoms with Gasteiger partial charge in [-0.1, -0.05) is 60.7 Å². The van der Waals surface area contributed by atoms with Gasteiger partial charge in [-0.2, -0.15) is 5.10 Å². The number of aromatic hydroxyl groups is 1. The molecule has 3 rings (SSSR count). The molecule has 0 aromatic heterocycles. The first-order chi connectivity index (χ1) is 14.5. The van der Waals surface area contributed by atoms with E-state index in [4.69, 9.17) is 0 Å². The molecular weight excluding hydrogens is 493 g/mol. The number of hydrazone groups is 1. The fourth-order valence-electron chi connectivity index (χ4n) is 2.88. The van der Waals surface area contributed by atoms with Gasteiger partial charge in [0, 0.05) is 0 Å². The van der Waals surface area contributed by atoms with Crippen molar-refractivity contribution in [1.29, 1.82) is 0 Å². The lowest BCUT2D eigenvalue weighted by Gasteiger charge is -2.17. The van der Waals surface area contributed by atoms with Gasteiger partial charge in [-0.25, -0.2) is 5.43 Å². The molecule has 0 bridgehead atoms. The van der Waals surface area contributed by atoms with Crippen LogP contribution in [0.3, 0.4) is 0 Å². The molecule has 7 heteroatoms. The van der Waals surface area contributed by atoms with Crippen LogP contribution < -0.4 is 10.7 Å². The quantitative estimate of drug-likeness (QED) is 0.257. The van der Waals surface area contributed by atoms with E-state index in [9.17, 15) is 14.7 Å². The summed E-state index contributed by atoms with van der Waals surface area (Å²) in [6.45, 7) is -0.195. The van der Waals surface area contributed by atoms with Gasteiger partial charge in [-0.3, -0.25) is 9.59 Å². The van der Waals surface area contributed by atoms with E-state index < -0.39 is 11.8 Å². The van der Waals surface area contributed by atoms with Crippen molar-refractivity contribution in [2.75, 3.05) is 6.54 Å². The molecular formula is C23H20IN3O3. The van der Waals surface area contributed by atoms with E-state index in [0.717, 1.165) is 16.7 Å². The minimum absolute atomic E-state index is 0.186. The van der Waals surface area contributed by atoms with Crippen molar-refractivity contribution in [3.05, 3.63) is 99.1 Å². The molecule has 0 fully saturated rings. The number of carbonyl (C=O) groups is 2. The number of hydrogen-bond donors (Lipinski definition) is 3. The summed E-state index contributed by atoms with van der Waals surface area (Å²) in [7, 11) is 0. The second-order valence-corrected chi connectivity index (χ2v) is 7.64. The van der Waals surface area contributed by atoms with Gasteiger partial charge in [0.05, 0.1) is 22.2 Å². The number of carbonyl (C=O) groups excluding carboxylic acids is 2. The number of phenolic OH excluding ortho intramolecular Hbond substituents is 1. The van der Waals surface area contributed by atoms with E-state index in [-0.39, 0.29) is 18.2 Å². The average Bonchev–Trinajstić information content (AvgIpc) is 2.76. The first-order valence-corrected chi connectivity index (χ1v) is 10.3. The van der Waals surface area contributed by atoms with Gasteiger partial charge in [-0.05, 0) is 57.5 Å². The third-order valence-corrected chi connectivity index (χ3v) is 5.19. The van der Waals surface area contributed by atoms with Gasteiger partial charge in [0.15, 0.2) is 0 Å². The van der Waals surface area contributed by atoms with E-state index in [1.165, 1.54) is 6.21 Å². The molecule has 152 valence electrons. The van der Waals surface area contributed by atoms with Crippen LogP contribution >= 0.6 is 22.6 Å². The predicted octanol–water partition coefficient (Wildman–Crippen LogP) is 3.40. The minimum atomic E-state index is -0.511. The zero-order chi connectivity index (χ0) is 21.3. The van der Waals surface area contributed by atoms with Crippen molar-refractivity contribution in [3.8, 4) is 5.75 Å². The number of halogens is 1. The van der Waals surface area contributed by atoms with Gasteiger partial charge in [0.25, 0.3) is 5.91 Å². The minimum Gasteiger partial charge on any atom is -0.507 e. The van der Waals surface area contributed by atoms with E-state index in [1.54, 1.807) is 18.2 Å². The lowest BCUT2D eigenvalue weighted by atomic mass is 9.90. The Morgan fingerprint density at radius 1 is 0.967 bits per heavy atom. The number of rotatable bonds is 7. The van der Waals surface area contributed by atoms with Crippen LogP contribution in [-0.4, -0.2) is 29.7 Å². The van der Waals surface area contributed by atoms with Gasteiger partial charge in [0.2, 0.25) is 5.91 Å². The summed E-state index contributed by atoms with van der Waals surface area (Å²) < 4.78 is 0.683. The van der Waals surface area contributed by atoms with Gasteiger partial charge in [0.1, 0.15) is 5.75 Å². The highest BCUT2D eigenvalue weighted by Crippen LogP contribution is 2.24. The van der Waals surface area contributed by atoms with Crippen LogP contribution in [0, 0.1) is 3.57 Å². The highest BCUT2D eigenvalue weighted by atomic mass is 127. The number of nitrogens with zero attached hydrogens (tertiary/aromatic N) is 1. The van der Waals surface area contributed by atoms with E-state index in [2.05, 4.69) is 15.8 Å². The molecule has 30 heavy (non-hydrogen) atoms. The largest absolute Gasteiger partial charge is 0.507 e. The Kier molecular flexibility index (Phi) is 7.56. The van der Waals surface area contributed by atoms with Crippen LogP contribution in [0.15, 0.2) is 84.0 Å². The first-order valence-electron chi connectivity index (χ1n) is 9.22. The second kappa shape index (κ2) is 10.5. The van der Waals surface area contributed by atoms with Gasteiger partial charge >= 0.3 is 0 Å². The molecule has 3 N–H and O–H groups in total. The molecule has 0 aliphatic carbocycles. The Morgan fingerprint density at radius 3 is 2.13 bits per heavy atom. The van der Waals surface area contributed by atoms with Gasteiger partial charge in [-0.15, -0.1) is 0 Å². The van der Waals surface area contributed by atoms with Crippen LogP contribution in [0.25, 0.3) is 0 Å². The van der Waals surface area contributed by atoms with Crippen LogP contribution in [0.5, 0.6) is 5.75 Å². The Hall–Kier alpha value is -3.20.